The van der Waals surface area contributed by atoms with Crippen LogP contribution in [0.1, 0.15) is 10.4 Å². The van der Waals surface area contributed by atoms with Crippen LogP contribution in [0.4, 0.5) is 17.6 Å². The maximum absolute atomic E-state index is 13.7. The molecule has 2 aromatic carbocycles. The standard InChI is InChI=1S/C13H5BrF4O5S/c14-6-3-1-5(2-4-6)13(19)23-11-7(15)9(17)12(24(20,21)22)10(18)8(11)16/h1-4H,(H,20,21,22)/p-1. The fourth-order valence-corrected chi connectivity index (χ4v) is 2.52. The van der Waals surface area contributed by atoms with Gasteiger partial charge in [-0.1, -0.05) is 15.9 Å². The zero-order chi connectivity index (χ0) is 18.2. The lowest BCUT2D eigenvalue weighted by Crippen LogP contribution is -2.16. The predicted octanol–water partition coefficient (Wildman–Crippen LogP) is 3.13. The van der Waals surface area contributed by atoms with Crippen molar-refractivity contribution in [2.24, 2.45) is 0 Å². The summed E-state index contributed by atoms with van der Waals surface area (Å²) in [5, 5.41) is 0. The molecule has 11 heteroatoms. The van der Waals surface area contributed by atoms with E-state index in [-0.39, 0.29) is 5.56 Å². The first-order valence-corrected chi connectivity index (χ1v) is 8.03. The quantitative estimate of drug-likeness (QED) is 0.247. The number of benzene rings is 2. The Morgan fingerprint density at radius 3 is 1.83 bits per heavy atom. The van der Waals surface area contributed by atoms with Crippen molar-refractivity contribution in [3.05, 3.63) is 57.6 Å². The minimum atomic E-state index is -5.84. The highest BCUT2D eigenvalue weighted by molar-refractivity contribution is 9.10. The zero-order valence-corrected chi connectivity index (χ0v) is 13.6. The number of hydrogen-bond donors (Lipinski definition) is 0. The van der Waals surface area contributed by atoms with E-state index in [0.29, 0.717) is 4.47 Å². The van der Waals surface area contributed by atoms with Crippen molar-refractivity contribution in [2.75, 3.05) is 0 Å². The van der Waals surface area contributed by atoms with Crippen LogP contribution in [0.2, 0.25) is 0 Å². The number of carbonyl (C=O) groups excluding carboxylic acids is 1. The van der Waals surface area contributed by atoms with Crippen LogP contribution >= 0.6 is 15.9 Å². The molecule has 0 saturated carbocycles. The van der Waals surface area contributed by atoms with Crippen LogP contribution in [0.15, 0.2) is 33.6 Å². The summed E-state index contributed by atoms with van der Waals surface area (Å²) >= 11 is 3.07. The lowest BCUT2D eigenvalue weighted by atomic mass is 10.2. The van der Waals surface area contributed by atoms with E-state index < -0.39 is 50.0 Å². The molecule has 0 amide bonds. The lowest BCUT2D eigenvalue weighted by molar-refractivity contribution is 0.0716. The third kappa shape index (κ3) is 3.42. The van der Waals surface area contributed by atoms with Crippen LogP contribution in [0.3, 0.4) is 0 Å². The van der Waals surface area contributed by atoms with E-state index in [9.17, 15) is 35.3 Å². The average molecular weight is 428 g/mol. The normalized spacial score (nSPS) is 11.4. The van der Waals surface area contributed by atoms with Crippen LogP contribution in [0.25, 0.3) is 0 Å². The van der Waals surface area contributed by atoms with Crippen molar-refractivity contribution in [3.8, 4) is 5.75 Å². The molecule has 0 aliphatic rings. The van der Waals surface area contributed by atoms with E-state index in [4.69, 9.17) is 0 Å². The molecule has 5 nitrogen and oxygen atoms in total. The summed E-state index contributed by atoms with van der Waals surface area (Å²) < 4.78 is 91.4. The molecule has 0 fully saturated rings. The molecule has 0 bridgehead atoms. The van der Waals surface area contributed by atoms with Crippen molar-refractivity contribution in [1.29, 1.82) is 0 Å². The van der Waals surface area contributed by atoms with Gasteiger partial charge in [0.1, 0.15) is 15.0 Å². The van der Waals surface area contributed by atoms with Crippen molar-refractivity contribution in [3.63, 3.8) is 0 Å². The summed E-state index contributed by atoms with van der Waals surface area (Å²) in [7, 11) is -5.84. The molecule has 0 aromatic heterocycles. The molecule has 2 rings (SSSR count). The zero-order valence-electron chi connectivity index (χ0n) is 11.1. The van der Waals surface area contributed by atoms with Crippen LogP contribution in [-0.4, -0.2) is 18.9 Å². The van der Waals surface area contributed by atoms with E-state index in [1.807, 2.05) is 0 Å². The van der Waals surface area contributed by atoms with Crippen LogP contribution in [0.5, 0.6) is 5.75 Å². The molecule has 0 heterocycles. The molecule has 0 saturated heterocycles. The highest BCUT2D eigenvalue weighted by atomic mass is 79.9. The molecule has 24 heavy (non-hydrogen) atoms. The second-order valence-electron chi connectivity index (χ2n) is 4.26. The average Bonchev–Trinajstić information content (AvgIpc) is 2.49. The van der Waals surface area contributed by atoms with E-state index in [2.05, 4.69) is 20.7 Å². The molecular formula is C13H4BrF4O5S-. The summed E-state index contributed by atoms with van der Waals surface area (Å²) in [6, 6.07) is 5.14. The maximum atomic E-state index is 13.7. The van der Waals surface area contributed by atoms with E-state index in [1.165, 1.54) is 24.3 Å². The molecule has 2 aromatic rings. The van der Waals surface area contributed by atoms with E-state index >= 15 is 0 Å². The molecule has 0 atom stereocenters. The summed E-state index contributed by atoms with van der Waals surface area (Å²) in [6.07, 6.45) is 0. The first-order chi connectivity index (χ1) is 11.0. The van der Waals surface area contributed by atoms with Gasteiger partial charge in [-0.25, -0.2) is 22.0 Å². The maximum Gasteiger partial charge on any atom is 0.343 e. The van der Waals surface area contributed by atoms with Crippen LogP contribution in [-0.2, 0) is 10.1 Å². The Morgan fingerprint density at radius 2 is 1.42 bits per heavy atom. The van der Waals surface area contributed by atoms with Gasteiger partial charge in [-0.3, -0.25) is 0 Å². The molecule has 0 aliphatic heterocycles. The molecule has 0 radical (unpaired) electrons. The summed E-state index contributed by atoms with van der Waals surface area (Å²) in [5.41, 5.74) is -0.210. The number of rotatable bonds is 3. The first kappa shape index (κ1) is 18.4. The number of carbonyl (C=O) groups is 1. The van der Waals surface area contributed by atoms with E-state index in [0.717, 1.165) is 0 Å². The highest BCUT2D eigenvalue weighted by Gasteiger charge is 2.31. The van der Waals surface area contributed by atoms with Crippen molar-refractivity contribution in [2.45, 2.75) is 4.90 Å². The van der Waals surface area contributed by atoms with Gasteiger partial charge < -0.3 is 9.29 Å². The van der Waals surface area contributed by atoms with Crippen molar-refractivity contribution >= 4 is 32.0 Å². The van der Waals surface area contributed by atoms with Gasteiger partial charge in [-0.15, -0.1) is 0 Å². The lowest BCUT2D eigenvalue weighted by Gasteiger charge is -2.14. The first-order valence-electron chi connectivity index (χ1n) is 5.83. The second kappa shape index (κ2) is 6.49. The smallest absolute Gasteiger partial charge is 0.343 e. The highest BCUT2D eigenvalue weighted by Crippen LogP contribution is 2.32. The Bertz CT molecular complexity index is 899. The fourth-order valence-electron chi connectivity index (χ4n) is 1.64. The van der Waals surface area contributed by atoms with Gasteiger partial charge in [-0.05, 0) is 24.3 Å². The Labute approximate surface area is 140 Å². The molecular weight excluding hydrogens is 424 g/mol. The molecule has 0 unspecified atom stereocenters. The Morgan fingerprint density at radius 1 is 0.958 bits per heavy atom. The Kier molecular flexibility index (Phi) is 4.97. The summed E-state index contributed by atoms with van der Waals surface area (Å²) in [6.45, 7) is 0. The van der Waals surface area contributed by atoms with Crippen LogP contribution in [0, 0.1) is 23.3 Å². The predicted molar refractivity (Wildman–Crippen MR) is 73.3 cm³/mol. The molecule has 0 spiro atoms. The fraction of sp³-hybridized carbons (Fsp3) is 0. The van der Waals surface area contributed by atoms with Gasteiger partial charge in [0.2, 0.25) is 17.4 Å². The number of esters is 1. The topological polar surface area (TPSA) is 83.5 Å². The van der Waals surface area contributed by atoms with Gasteiger partial charge >= 0.3 is 5.97 Å². The van der Waals surface area contributed by atoms with Gasteiger partial charge in [0.15, 0.2) is 11.6 Å². The molecule has 0 aliphatic carbocycles. The Hall–Kier alpha value is -1.98. The number of ether oxygens (including phenoxy) is 1. The van der Waals surface area contributed by atoms with Crippen molar-refractivity contribution < 1.29 is 40.1 Å². The minimum Gasteiger partial charge on any atom is -0.744 e. The SMILES string of the molecule is O=C(Oc1c(F)c(F)c(S(=O)(=O)[O-])c(F)c1F)c1ccc(Br)cc1. The van der Waals surface area contributed by atoms with E-state index in [1.54, 1.807) is 0 Å². The van der Waals surface area contributed by atoms with Gasteiger partial charge in [0, 0.05) is 4.47 Å². The largest absolute Gasteiger partial charge is 0.744 e. The van der Waals surface area contributed by atoms with Crippen LogP contribution < -0.4 is 4.74 Å². The second-order valence-corrected chi connectivity index (χ2v) is 6.50. The third-order valence-electron chi connectivity index (χ3n) is 2.71. The van der Waals surface area contributed by atoms with Gasteiger partial charge in [-0.2, -0.15) is 8.78 Å². The summed E-state index contributed by atoms with van der Waals surface area (Å²) in [4.78, 5) is 9.41. The number of halogens is 5. The molecule has 128 valence electrons. The number of hydrogen-bond acceptors (Lipinski definition) is 5. The monoisotopic (exact) mass is 427 g/mol. The van der Waals surface area contributed by atoms with Gasteiger partial charge in [0.05, 0.1) is 5.56 Å². The minimum absolute atomic E-state index is 0.210. The van der Waals surface area contributed by atoms with Crippen molar-refractivity contribution in [1.82, 2.24) is 0 Å². The van der Waals surface area contributed by atoms with Gasteiger partial charge in [0.25, 0.3) is 0 Å². The molecule has 0 N–H and O–H groups in total. The Balaban J connectivity index is 2.52. The summed E-state index contributed by atoms with van der Waals surface area (Å²) in [5.74, 6) is -12.8. The third-order valence-corrected chi connectivity index (χ3v) is 4.09.